The van der Waals surface area contributed by atoms with E-state index in [1.807, 2.05) is 0 Å². The molecule has 3 aromatic carbocycles. The Balaban J connectivity index is 0.000000428. The molecule has 1 atom stereocenters. The van der Waals surface area contributed by atoms with Crippen molar-refractivity contribution in [1.29, 1.82) is 0 Å². The predicted molar refractivity (Wildman–Crippen MR) is 129 cm³/mol. The summed E-state index contributed by atoms with van der Waals surface area (Å²) in [5, 5.41) is 9.42. The van der Waals surface area contributed by atoms with Gasteiger partial charge in [-0.15, -0.1) is 0 Å². The number of carbonyl (C=O) groups excluding carboxylic acids is 2. The van der Waals surface area contributed by atoms with Gasteiger partial charge in [0.15, 0.2) is 0 Å². The molecular formula is C27H23F8NO6. The van der Waals surface area contributed by atoms with E-state index in [9.17, 15) is 49.8 Å². The minimum Gasteiger partial charge on any atom is -0.433 e. The molecule has 7 nitrogen and oxygen atoms in total. The molecule has 0 spiro atoms. The molecular weight excluding hydrogens is 586 g/mol. The summed E-state index contributed by atoms with van der Waals surface area (Å²) < 4.78 is 117. The van der Waals surface area contributed by atoms with Crippen molar-refractivity contribution in [2.75, 3.05) is 13.2 Å². The molecule has 0 fully saturated rings. The fourth-order valence-electron chi connectivity index (χ4n) is 2.91. The van der Waals surface area contributed by atoms with Gasteiger partial charge in [-0.3, -0.25) is 4.79 Å². The molecule has 0 saturated carbocycles. The van der Waals surface area contributed by atoms with Gasteiger partial charge in [-0.05, 0) is 24.1 Å². The highest BCUT2D eigenvalue weighted by molar-refractivity contribution is 5.79. The zero-order chi connectivity index (χ0) is 31.7. The Morgan fingerprint density at radius 1 is 0.810 bits per heavy atom. The summed E-state index contributed by atoms with van der Waals surface area (Å²) in [7, 11) is 0. The first kappa shape index (κ1) is 34.0. The summed E-state index contributed by atoms with van der Waals surface area (Å²) >= 11 is 0. The summed E-state index contributed by atoms with van der Waals surface area (Å²) in [6.45, 7) is -0.973. The molecule has 0 saturated heterocycles. The molecule has 15 heteroatoms. The van der Waals surface area contributed by atoms with Crippen LogP contribution in [0.2, 0.25) is 0 Å². The zero-order valence-corrected chi connectivity index (χ0v) is 21.6. The van der Waals surface area contributed by atoms with Gasteiger partial charge in [0.05, 0.1) is 12.2 Å². The number of halogens is 8. The van der Waals surface area contributed by atoms with Crippen molar-refractivity contribution in [3.8, 4) is 5.75 Å². The van der Waals surface area contributed by atoms with Gasteiger partial charge in [-0.1, -0.05) is 48.5 Å². The fourth-order valence-corrected chi connectivity index (χ4v) is 2.91. The SMILES string of the molecule is CC(CO)(COC(=O)OCc1ccccc1)C(=O)Oc1c(F)c(F)c(F)c(F)c1F.NCc1cccc(C(F)(F)F)c1. The lowest BCUT2D eigenvalue weighted by Gasteiger charge is -2.24. The van der Waals surface area contributed by atoms with E-state index >= 15 is 0 Å². The van der Waals surface area contributed by atoms with Crippen LogP contribution in [0, 0.1) is 34.5 Å². The molecule has 3 N–H and O–H groups in total. The third kappa shape index (κ3) is 8.88. The predicted octanol–water partition coefficient (Wildman–Crippen LogP) is 5.80. The number of rotatable bonds is 8. The molecule has 42 heavy (non-hydrogen) atoms. The lowest BCUT2D eigenvalue weighted by molar-refractivity contribution is -0.151. The van der Waals surface area contributed by atoms with Gasteiger partial charge in [-0.2, -0.15) is 22.0 Å². The van der Waals surface area contributed by atoms with Crippen LogP contribution < -0.4 is 10.5 Å². The van der Waals surface area contributed by atoms with Crippen LogP contribution in [-0.2, 0) is 33.6 Å². The van der Waals surface area contributed by atoms with Crippen molar-refractivity contribution in [3.63, 3.8) is 0 Å². The van der Waals surface area contributed by atoms with Crippen LogP contribution in [0.1, 0.15) is 23.6 Å². The number of ether oxygens (including phenoxy) is 3. The van der Waals surface area contributed by atoms with E-state index in [0.717, 1.165) is 19.1 Å². The molecule has 3 rings (SSSR count). The molecule has 1 unspecified atom stereocenters. The number of nitrogens with two attached hydrogens (primary N) is 1. The minimum atomic E-state index is -4.27. The number of carbonyl (C=O) groups is 2. The lowest BCUT2D eigenvalue weighted by atomic mass is 9.93. The summed E-state index contributed by atoms with van der Waals surface area (Å²) in [5.74, 6) is -15.3. The standard InChI is InChI=1S/C19H15F5O6.C8H8F3N/c1-19(8-25,9-29-18(27)28-7-10-5-3-2-4-6-10)17(26)30-16-14(23)12(21)11(20)13(22)15(16)24;9-8(10,11)7-3-1-2-6(4-7)5-12/h2-6,25H,7-9H2,1H3;1-4H,5,12H2. The number of alkyl halides is 3. The largest absolute Gasteiger partial charge is 0.508 e. The van der Waals surface area contributed by atoms with E-state index in [-0.39, 0.29) is 13.2 Å². The Bertz CT molecular complexity index is 1360. The summed E-state index contributed by atoms with van der Waals surface area (Å²) in [4.78, 5) is 23.8. The maximum Gasteiger partial charge on any atom is 0.508 e. The highest BCUT2D eigenvalue weighted by Crippen LogP contribution is 2.31. The second-order valence-corrected chi connectivity index (χ2v) is 8.72. The van der Waals surface area contributed by atoms with Crippen molar-refractivity contribution < 1.29 is 64.0 Å². The van der Waals surface area contributed by atoms with Gasteiger partial charge >= 0.3 is 18.3 Å². The van der Waals surface area contributed by atoms with Gasteiger partial charge < -0.3 is 25.1 Å². The highest BCUT2D eigenvalue weighted by Gasteiger charge is 2.39. The monoisotopic (exact) mass is 609 g/mol. The Morgan fingerprint density at radius 3 is 1.88 bits per heavy atom. The van der Waals surface area contributed by atoms with Crippen LogP contribution in [0.25, 0.3) is 0 Å². The topological polar surface area (TPSA) is 108 Å². The summed E-state index contributed by atoms with van der Waals surface area (Å²) in [6, 6.07) is 13.5. The summed E-state index contributed by atoms with van der Waals surface area (Å²) in [6.07, 6.45) is -5.51. The zero-order valence-electron chi connectivity index (χ0n) is 21.6. The molecule has 0 heterocycles. The van der Waals surface area contributed by atoms with E-state index < -0.39 is 77.3 Å². The van der Waals surface area contributed by atoms with Crippen LogP contribution in [0.15, 0.2) is 54.6 Å². The van der Waals surface area contributed by atoms with Crippen molar-refractivity contribution in [1.82, 2.24) is 0 Å². The third-order valence-electron chi connectivity index (χ3n) is 5.40. The molecule has 0 radical (unpaired) electrons. The van der Waals surface area contributed by atoms with Crippen molar-refractivity contribution in [3.05, 3.63) is 100 Å². The van der Waals surface area contributed by atoms with Crippen LogP contribution in [0.5, 0.6) is 5.75 Å². The molecule has 228 valence electrons. The number of esters is 1. The van der Waals surface area contributed by atoms with E-state index in [0.29, 0.717) is 11.1 Å². The van der Waals surface area contributed by atoms with E-state index in [1.54, 1.807) is 36.4 Å². The van der Waals surface area contributed by atoms with Crippen molar-refractivity contribution in [2.45, 2.75) is 26.3 Å². The number of hydrogen-bond acceptors (Lipinski definition) is 7. The second kappa shape index (κ2) is 14.6. The number of aliphatic hydroxyl groups is 1. The Kier molecular flexibility index (Phi) is 11.8. The smallest absolute Gasteiger partial charge is 0.433 e. The van der Waals surface area contributed by atoms with E-state index in [2.05, 4.69) is 9.47 Å². The van der Waals surface area contributed by atoms with Crippen LogP contribution in [0.4, 0.5) is 39.9 Å². The number of aliphatic hydroxyl groups excluding tert-OH is 1. The van der Waals surface area contributed by atoms with Gasteiger partial charge in [0.25, 0.3) is 0 Å². The van der Waals surface area contributed by atoms with E-state index in [1.165, 1.54) is 6.07 Å². The average Bonchev–Trinajstić information content (AvgIpc) is 2.99. The first-order chi connectivity index (χ1) is 19.6. The van der Waals surface area contributed by atoms with Gasteiger partial charge in [0, 0.05) is 6.54 Å². The van der Waals surface area contributed by atoms with Crippen LogP contribution in [0.3, 0.4) is 0 Å². The highest BCUT2D eigenvalue weighted by atomic mass is 19.4. The van der Waals surface area contributed by atoms with Gasteiger partial charge in [0.1, 0.15) is 18.6 Å². The van der Waals surface area contributed by atoms with Crippen molar-refractivity contribution in [2.24, 2.45) is 11.1 Å². The minimum absolute atomic E-state index is 0.129. The molecule has 3 aromatic rings. The number of hydrogen-bond donors (Lipinski definition) is 2. The van der Waals surface area contributed by atoms with Gasteiger partial charge in [0.2, 0.25) is 34.8 Å². The third-order valence-corrected chi connectivity index (χ3v) is 5.40. The molecule has 0 aliphatic rings. The normalized spacial score (nSPS) is 12.5. The first-order valence-electron chi connectivity index (χ1n) is 11.7. The number of benzene rings is 3. The average molecular weight is 609 g/mol. The second-order valence-electron chi connectivity index (χ2n) is 8.72. The molecule has 0 bridgehead atoms. The Morgan fingerprint density at radius 2 is 1.36 bits per heavy atom. The Hall–Kier alpha value is -4.24. The van der Waals surface area contributed by atoms with E-state index in [4.69, 9.17) is 10.5 Å². The van der Waals surface area contributed by atoms with Gasteiger partial charge in [-0.25, -0.2) is 18.0 Å². The maximum absolute atomic E-state index is 13.7. The quantitative estimate of drug-likeness (QED) is 0.109. The molecule has 0 aliphatic carbocycles. The maximum atomic E-state index is 13.7. The van der Waals surface area contributed by atoms with Crippen molar-refractivity contribution >= 4 is 12.1 Å². The molecule has 0 aromatic heterocycles. The fraction of sp³-hybridized carbons (Fsp3) is 0.259. The van der Waals surface area contributed by atoms with Crippen LogP contribution in [-0.4, -0.2) is 30.4 Å². The summed E-state index contributed by atoms with van der Waals surface area (Å²) in [5.41, 5.74) is 3.58. The first-order valence-corrected chi connectivity index (χ1v) is 11.7. The molecule has 0 amide bonds. The Labute approximate surface area is 233 Å². The molecule has 0 aliphatic heterocycles. The van der Waals surface area contributed by atoms with Crippen LogP contribution >= 0.6 is 0 Å². The lowest BCUT2D eigenvalue weighted by Crippen LogP contribution is -2.40.